The first-order valence-electron chi connectivity index (χ1n) is 10.8. The minimum absolute atomic E-state index is 0.152. The standard InChI is InChI=1S/C24H31N3O3S/c1-24(2,3)23-26-21-14-20(31(28,29)19-6-4-17(15-25)5-7-19)8-9-22(21)27(23)16-18-10-12-30-13-11-18/h4-9,14,18H,10-13,15-16,25H2,1-3H3. The van der Waals surface area contributed by atoms with E-state index in [9.17, 15) is 8.42 Å². The molecule has 0 spiro atoms. The lowest BCUT2D eigenvalue weighted by Crippen LogP contribution is -2.25. The van der Waals surface area contributed by atoms with Crippen molar-refractivity contribution in [2.45, 2.75) is 61.9 Å². The summed E-state index contributed by atoms with van der Waals surface area (Å²) in [6, 6.07) is 12.0. The number of benzene rings is 2. The lowest BCUT2D eigenvalue weighted by Gasteiger charge is -2.26. The number of imidazole rings is 1. The number of sulfone groups is 1. The van der Waals surface area contributed by atoms with Gasteiger partial charge < -0.3 is 15.0 Å². The molecular formula is C24H31N3O3S. The van der Waals surface area contributed by atoms with E-state index in [0.29, 0.717) is 12.5 Å². The van der Waals surface area contributed by atoms with E-state index < -0.39 is 9.84 Å². The SMILES string of the molecule is CC(C)(C)c1nc2cc(S(=O)(=O)c3ccc(CN)cc3)ccc2n1CC1CCOCC1. The zero-order valence-electron chi connectivity index (χ0n) is 18.5. The van der Waals surface area contributed by atoms with Gasteiger partial charge in [-0.25, -0.2) is 13.4 Å². The van der Waals surface area contributed by atoms with Crippen molar-refractivity contribution in [3.63, 3.8) is 0 Å². The van der Waals surface area contributed by atoms with Crippen molar-refractivity contribution < 1.29 is 13.2 Å². The Morgan fingerprint density at radius 2 is 1.71 bits per heavy atom. The highest BCUT2D eigenvalue weighted by Crippen LogP contribution is 2.31. The molecule has 3 aromatic rings. The second-order valence-electron chi connectivity index (χ2n) is 9.35. The zero-order chi connectivity index (χ0) is 22.2. The van der Waals surface area contributed by atoms with E-state index in [2.05, 4.69) is 25.3 Å². The van der Waals surface area contributed by atoms with Crippen molar-refractivity contribution in [2.75, 3.05) is 13.2 Å². The van der Waals surface area contributed by atoms with Crippen LogP contribution in [-0.2, 0) is 33.1 Å². The summed E-state index contributed by atoms with van der Waals surface area (Å²) in [4.78, 5) is 5.42. The average Bonchev–Trinajstić information content (AvgIpc) is 3.13. The number of hydrogen-bond donors (Lipinski definition) is 1. The third-order valence-corrected chi connectivity index (χ3v) is 7.72. The Bertz CT molecular complexity index is 1170. The fraction of sp³-hybridized carbons (Fsp3) is 0.458. The third-order valence-electron chi connectivity index (χ3n) is 5.95. The molecule has 0 amide bonds. The zero-order valence-corrected chi connectivity index (χ0v) is 19.3. The molecule has 1 fully saturated rings. The summed E-state index contributed by atoms with van der Waals surface area (Å²) < 4.78 is 34.2. The summed E-state index contributed by atoms with van der Waals surface area (Å²) >= 11 is 0. The Kier molecular flexibility index (Phi) is 5.94. The quantitative estimate of drug-likeness (QED) is 0.645. The molecule has 1 aromatic heterocycles. The van der Waals surface area contributed by atoms with E-state index >= 15 is 0 Å². The van der Waals surface area contributed by atoms with Crippen LogP contribution in [0.5, 0.6) is 0 Å². The van der Waals surface area contributed by atoms with Gasteiger partial charge in [0.2, 0.25) is 9.84 Å². The van der Waals surface area contributed by atoms with Crippen molar-refractivity contribution in [3.8, 4) is 0 Å². The van der Waals surface area contributed by atoms with Crippen LogP contribution in [0, 0.1) is 5.92 Å². The molecule has 6 nitrogen and oxygen atoms in total. The van der Waals surface area contributed by atoms with Gasteiger partial charge in [0.1, 0.15) is 5.82 Å². The van der Waals surface area contributed by atoms with Gasteiger partial charge >= 0.3 is 0 Å². The maximum atomic E-state index is 13.2. The highest BCUT2D eigenvalue weighted by Gasteiger charge is 2.27. The van der Waals surface area contributed by atoms with Gasteiger partial charge in [-0.2, -0.15) is 0 Å². The lowest BCUT2D eigenvalue weighted by atomic mass is 9.94. The van der Waals surface area contributed by atoms with E-state index in [1.165, 1.54) is 0 Å². The van der Waals surface area contributed by atoms with Crippen LogP contribution >= 0.6 is 0 Å². The van der Waals surface area contributed by atoms with Crippen LogP contribution in [0.1, 0.15) is 45.0 Å². The fourth-order valence-corrected chi connectivity index (χ4v) is 5.44. The first-order chi connectivity index (χ1) is 14.7. The molecule has 166 valence electrons. The molecule has 0 bridgehead atoms. The topological polar surface area (TPSA) is 87.2 Å². The first kappa shape index (κ1) is 22.0. The van der Waals surface area contributed by atoms with E-state index in [-0.39, 0.29) is 15.2 Å². The van der Waals surface area contributed by atoms with Gasteiger partial charge in [0, 0.05) is 31.7 Å². The predicted molar refractivity (Wildman–Crippen MR) is 122 cm³/mol. The molecule has 1 saturated heterocycles. The normalized spacial score (nSPS) is 16.1. The number of nitrogens with zero attached hydrogens (tertiary/aromatic N) is 2. The van der Waals surface area contributed by atoms with Gasteiger partial charge in [-0.15, -0.1) is 0 Å². The molecule has 31 heavy (non-hydrogen) atoms. The molecule has 0 aliphatic carbocycles. The molecule has 4 rings (SSSR count). The average molecular weight is 442 g/mol. The third kappa shape index (κ3) is 4.40. The van der Waals surface area contributed by atoms with Gasteiger partial charge in [0.25, 0.3) is 0 Å². The minimum atomic E-state index is -3.63. The molecule has 0 unspecified atom stereocenters. The Balaban J connectivity index is 1.76. The molecule has 2 heterocycles. The Morgan fingerprint density at radius 3 is 2.32 bits per heavy atom. The Morgan fingerprint density at radius 1 is 1.06 bits per heavy atom. The molecule has 1 aliphatic heterocycles. The molecule has 0 saturated carbocycles. The number of nitrogens with two attached hydrogens (primary N) is 1. The Hall–Kier alpha value is -2.22. The molecule has 2 N–H and O–H groups in total. The summed E-state index contributed by atoms with van der Waals surface area (Å²) in [5, 5.41) is 0. The first-order valence-corrected chi connectivity index (χ1v) is 12.3. The van der Waals surface area contributed by atoms with Crippen LogP contribution in [0.15, 0.2) is 52.3 Å². The van der Waals surface area contributed by atoms with Crippen LogP contribution in [0.25, 0.3) is 11.0 Å². The maximum Gasteiger partial charge on any atom is 0.206 e. The summed E-state index contributed by atoms with van der Waals surface area (Å²) in [7, 11) is -3.63. The van der Waals surface area contributed by atoms with Crippen molar-refractivity contribution >= 4 is 20.9 Å². The van der Waals surface area contributed by atoms with Crippen LogP contribution in [-0.4, -0.2) is 31.2 Å². The van der Waals surface area contributed by atoms with Gasteiger partial charge in [0.15, 0.2) is 0 Å². The largest absolute Gasteiger partial charge is 0.381 e. The van der Waals surface area contributed by atoms with Crippen LogP contribution in [0.2, 0.25) is 0 Å². The number of aromatic nitrogens is 2. The predicted octanol–water partition coefficient (Wildman–Crippen LogP) is 4.05. The van der Waals surface area contributed by atoms with E-state index in [0.717, 1.165) is 55.0 Å². The van der Waals surface area contributed by atoms with E-state index in [1.807, 2.05) is 6.07 Å². The number of hydrogen-bond acceptors (Lipinski definition) is 5. The fourth-order valence-electron chi connectivity index (χ4n) is 4.16. The van der Waals surface area contributed by atoms with Crippen molar-refractivity contribution in [2.24, 2.45) is 11.7 Å². The highest BCUT2D eigenvalue weighted by molar-refractivity contribution is 7.91. The van der Waals surface area contributed by atoms with Crippen LogP contribution in [0.3, 0.4) is 0 Å². The summed E-state index contributed by atoms with van der Waals surface area (Å²) in [6.07, 6.45) is 2.07. The van der Waals surface area contributed by atoms with Gasteiger partial charge in [0.05, 0.1) is 20.8 Å². The van der Waals surface area contributed by atoms with Crippen LogP contribution < -0.4 is 5.73 Å². The lowest BCUT2D eigenvalue weighted by molar-refractivity contribution is 0.0611. The molecule has 2 aromatic carbocycles. The van der Waals surface area contributed by atoms with Crippen LogP contribution in [0.4, 0.5) is 0 Å². The smallest absolute Gasteiger partial charge is 0.206 e. The summed E-state index contributed by atoms with van der Waals surface area (Å²) in [6.45, 7) is 9.29. The van der Waals surface area contributed by atoms with Gasteiger partial charge in [-0.1, -0.05) is 32.9 Å². The molecule has 7 heteroatoms. The molecule has 0 atom stereocenters. The summed E-state index contributed by atoms with van der Waals surface area (Å²) in [5.41, 5.74) is 8.08. The molecular weight excluding hydrogens is 410 g/mol. The van der Waals surface area contributed by atoms with Gasteiger partial charge in [-0.05, 0) is 54.7 Å². The number of ether oxygens (including phenoxy) is 1. The van der Waals surface area contributed by atoms with E-state index in [1.54, 1.807) is 36.4 Å². The van der Waals surface area contributed by atoms with Crippen molar-refractivity contribution in [1.29, 1.82) is 0 Å². The minimum Gasteiger partial charge on any atom is -0.381 e. The number of rotatable bonds is 5. The molecule has 1 aliphatic rings. The second-order valence-corrected chi connectivity index (χ2v) is 11.3. The second kappa shape index (κ2) is 8.37. The van der Waals surface area contributed by atoms with Crippen molar-refractivity contribution in [1.82, 2.24) is 9.55 Å². The van der Waals surface area contributed by atoms with Gasteiger partial charge in [-0.3, -0.25) is 0 Å². The number of fused-ring (bicyclic) bond motifs is 1. The monoisotopic (exact) mass is 441 g/mol. The highest BCUT2D eigenvalue weighted by atomic mass is 32.2. The van der Waals surface area contributed by atoms with E-state index in [4.69, 9.17) is 15.5 Å². The molecule has 0 radical (unpaired) electrons. The Labute approximate surface area is 184 Å². The maximum absolute atomic E-state index is 13.2. The van der Waals surface area contributed by atoms with Crippen molar-refractivity contribution in [3.05, 3.63) is 53.9 Å². The summed E-state index contributed by atoms with van der Waals surface area (Å²) in [5.74, 6) is 1.52.